The number of hydrogen-bond donors (Lipinski definition) is 4. The van der Waals surface area contributed by atoms with Crippen molar-refractivity contribution >= 4 is 38.8 Å². The van der Waals surface area contributed by atoms with E-state index in [9.17, 15) is 18.0 Å². The summed E-state index contributed by atoms with van der Waals surface area (Å²) in [6, 6.07) is 10.6. The molecule has 0 aliphatic carbocycles. The van der Waals surface area contributed by atoms with Crippen molar-refractivity contribution in [2.45, 2.75) is 50.3 Å². The lowest BCUT2D eigenvalue weighted by molar-refractivity contribution is -0.130. The van der Waals surface area contributed by atoms with Crippen molar-refractivity contribution in [2.24, 2.45) is 0 Å². The summed E-state index contributed by atoms with van der Waals surface area (Å²) in [7, 11) is -3.57. The van der Waals surface area contributed by atoms with Gasteiger partial charge in [-0.1, -0.05) is 18.6 Å². The number of hydrogen-bond acceptors (Lipinski definition) is 6. The molecule has 3 rings (SSSR count). The van der Waals surface area contributed by atoms with E-state index in [2.05, 4.69) is 10.6 Å². The van der Waals surface area contributed by atoms with Crippen LogP contribution < -0.4 is 16.1 Å². The summed E-state index contributed by atoms with van der Waals surface area (Å²) in [5, 5.41) is 14.6. The summed E-state index contributed by atoms with van der Waals surface area (Å²) in [6.07, 6.45) is 1.27. The Bertz CT molecular complexity index is 1060. The molecule has 0 radical (unpaired) electrons. The van der Waals surface area contributed by atoms with Gasteiger partial charge in [-0.2, -0.15) is 0 Å². The molecule has 1 aromatic carbocycles. The molecule has 10 heteroatoms. The van der Waals surface area contributed by atoms with Gasteiger partial charge >= 0.3 is 6.03 Å². The van der Waals surface area contributed by atoms with E-state index in [1.807, 2.05) is 38.1 Å². The summed E-state index contributed by atoms with van der Waals surface area (Å²) in [5.74, 6) is -0.702. The lowest BCUT2D eigenvalue weighted by atomic mass is 9.94. The minimum Gasteiger partial charge on any atom is -0.336 e. The Morgan fingerprint density at radius 2 is 1.97 bits per heavy atom. The molecule has 2 aromatic rings. The van der Waals surface area contributed by atoms with E-state index < -0.39 is 20.5 Å². The monoisotopic (exact) mass is 465 g/mol. The van der Waals surface area contributed by atoms with E-state index in [1.165, 1.54) is 11.3 Å². The van der Waals surface area contributed by atoms with Crippen LogP contribution in [0.1, 0.15) is 44.4 Å². The molecule has 0 saturated carbocycles. The third kappa shape index (κ3) is 5.08. The molecule has 0 bridgehead atoms. The Morgan fingerprint density at radius 3 is 2.65 bits per heavy atom. The fourth-order valence-corrected chi connectivity index (χ4v) is 7.61. The van der Waals surface area contributed by atoms with Gasteiger partial charge in [0.05, 0.1) is 12.2 Å². The second-order valence-corrected chi connectivity index (χ2v) is 11.5. The average Bonchev–Trinajstić information content (AvgIpc) is 3.19. The molecule has 1 fully saturated rings. The van der Waals surface area contributed by atoms with Crippen molar-refractivity contribution in [3.8, 4) is 10.4 Å². The summed E-state index contributed by atoms with van der Waals surface area (Å²) in [4.78, 5) is 25.4. The van der Waals surface area contributed by atoms with Gasteiger partial charge in [0.1, 0.15) is 4.75 Å². The van der Waals surface area contributed by atoms with Crippen LogP contribution in [0.5, 0.6) is 0 Å². The molecule has 1 atom stereocenters. The summed E-state index contributed by atoms with van der Waals surface area (Å²) in [5.41, 5.74) is 3.02. The number of benzene rings is 1. The topological polar surface area (TPSA) is 125 Å². The van der Waals surface area contributed by atoms with Gasteiger partial charge in [-0.25, -0.2) is 18.7 Å². The Labute approximate surface area is 185 Å². The van der Waals surface area contributed by atoms with E-state index >= 15 is 0 Å². The highest BCUT2D eigenvalue weighted by atomic mass is 32.2. The fraction of sp³-hybridized carbons (Fsp3) is 0.429. The van der Waals surface area contributed by atoms with Crippen molar-refractivity contribution in [3.63, 3.8) is 0 Å². The molecule has 31 heavy (non-hydrogen) atoms. The van der Waals surface area contributed by atoms with Gasteiger partial charge in [0.25, 0.3) is 0 Å². The number of rotatable bonds is 6. The number of amides is 3. The van der Waals surface area contributed by atoms with Gasteiger partial charge in [0.15, 0.2) is 9.84 Å². The molecule has 168 valence electrons. The molecule has 0 spiro atoms. The average molecular weight is 466 g/mol. The number of anilines is 1. The normalized spacial score (nSPS) is 20.3. The summed E-state index contributed by atoms with van der Waals surface area (Å²) < 4.78 is 24.8. The molecular weight excluding hydrogens is 438 g/mol. The number of thiophene rings is 1. The van der Waals surface area contributed by atoms with E-state index in [0.717, 1.165) is 10.4 Å². The first-order valence-corrected chi connectivity index (χ1v) is 12.6. The van der Waals surface area contributed by atoms with Crippen molar-refractivity contribution in [2.75, 3.05) is 11.1 Å². The first kappa shape index (κ1) is 23.2. The third-order valence-electron chi connectivity index (χ3n) is 5.29. The molecule has 1 aromatic heterocycles. The fourth-order valence-electron chi connectivity index (χ4n) is 3.83. The van der Waals surface area contributed by atoms with Crippen LogP contribution in [0.3, 0.4) is 0 Å². The Morgan fingerprint density at radius 1 is 1.19 bits per heavy atom. The molecule has 0 unspecified atom stereocenters. The zero-order chi connectivity index (χ0) is 22.6. The maximum Gasteiger partial charge on any atom is 0.319 e. The lowest BCUT2D eigenvalue weighted by Gasteiger charge is -2.35. The minimum absolute atomic E-state index is 0.00721. The minimum atomic E-state index is -3.57. The second kappa shape index (κ2) is 9.37. The zero-order valence-electron chi connectivity index (χ0n) is 17.5. The number of hydroxylamine groups is 1. The molecule has 1 saturated heterocycles. The van der Waals surface area contributed by atoms with Crippen LogP contribution in [0.15, 0.2) is 36.4 Å². The molecule has 1 aliphatic rings. The largest absolute Gasteiger partial charge is 0.336 e. The highest BCUT2D eigenvalue weighted by Crippen LogP contribution is 2.47. The molecule has 8 nitrogen and oxygen atoms in total. The van der Waals surface area contributed by atoms with E-state index in [1.54, 1.807) is 17.6 Å². The predicted molar refractivity (Wildman–Crippen MR) is 121 cm³/mol. The smallest absolute Gasteiger partial charge is 0.319 e. The van der Waals surface area contributed by atoms with Crippen LogP contribution in [-0.2, 0) is 19.4 Å². The van der Waals surface area contributed by atoms with Gasteiger partial charge in [-0.05, 0) is 56.5 Å². The lowest BCUT2D eigenvalue weighted by Crippen LogP contribution is -2.43. The molecule has 1 aliphatic heterocycles. The number of urea groups is 1. The standard InChI is InChI=1S/C21H27N3O5S2/c1-14(2)22-20(26)23-16-7-5-6-15(12-16)17-8-9-18(30-17)21(13-19(25)24-27)10-3-4-11-31(21,28)29/h5-9,12,14,27H,3-4,10-11,13H2,1-2H3,(H,24,25)(H2,22,23,26)/t21-/m0/s1. The molecule has 4 N–H and O–H groups in total. The van der Waals surface area contributed by atoms with Crippen LogP contribution in [0.4, 0.5) is 10.5 Å². The van der Waals surface area contributed by atoms with Crippen LogP contribution in [-0.4, -0.2) is 37.4 Å². The van der Waals surface area contributed by atoms with Crippen molar-refractivity contribution < 1.29 is 23.2 Å². The van der Waals surface area contributed by atoms with Crippen molar-refractivity contribution in [1.82, 2.24) is 10.8 Å². The molecule has 3 amide bonds. The van der Waals surface area contributed by atoms with Crippen LogP contribution >= 0.6 is 11.3 Å². The second-order valence-electron chi connectivity index (χ2n) is 7.98. The van der Waals surface area contributed by atoms with Gasteiger partial charge in [0.2, 0.25) is 5.91 Å². The van der Waals surface area contributed by atoms with Crippen LogP contribution in [0.25, 0.3) is 10.4 Å². The maximum absolute atomic E-state index is 13.1. The maximum atomic E-state index is 13.1. The van der Waals surface area contributed by atoms with Crippen LogP contribution in [0.2, 0.25) is 0 Å². The number of nitrogens with one attached hydrogen (secondary N) is 3. The predicted octanol–water partition coefficient (Wildman–Crippen LogP) is 3.63. The number of carbonyl (C=O) groups excluding carboxylic acids is 2. The van der Waals surface area contributed by atoms with Gasteiger partial charge in [-0.15, -0.1) is 11.3 Å². The highest BCUT2D eigenvalue weighted by molar-refractivity contribution is 7.92. The Balaban J connectivity index is 1.93. The van der Waals surface area contributed by atoms with Gasteiger partial charge < -0.3 is 10.6 Å². The highest BCUT2D eigenvalue weighted by Gasteiger charge is 2.49. The van der Waals surface area contributed by atoms with Gasteiger partial charge in [0, 0.05) is 21.5 Å². The van der Waals surface area contributed by atoms with E-state index in [4.69, 9.17) is 5.21 Å². The first-order chi connectivity index (χ1) is 14.7. The van der Waals surface area contributed by atoms with Crippen LogP contribution in [0, 0.1) is 0 Å². The summed E-state index contributed by atoms with van der Waals surface area (Å²) >= 11 is 1.32. The quantitative estimate of drug-likeness (QED) is 0.383. The number of carbonyl (C=O) groups is 2. The van der Waals surface area contributed by atoms with Crippen molar-refractivity contribution in [3.05, 3.63) is 41.3 Å². The SMILES string of the molecule is CC(C)NC(=O)Nc1cccc(-c2ccc([C@@]3(CC(=O)NO)CCCCS3(=O)=O)s2)c1. The third-order valence-corrected chi connectivity index (χ3v) is 9.34. The Kier molecular flexibility index (Phi) is 7.03. The van der Waals surface area contributed by atoms with E-state index in [0.29, 0.717) is 29.8 Å². The first-order valence-electron chi connectivity index (χ1n) is 10.1. The summed E-state index contributed by atoms with van der Waals surface area (Å²) in [6.45, 7) is 3.74. The Hall–Kier alpha value is -2.43. The number of sulfone groups is 1. The molecule has 2 heterocycles. The van der Waals surface area contributed by atoms with Gasteiger partial charge in [-0.3, -0.25) is 10.0 Å². The van der Waals surface area contributed by atoms with Crippen molar-refractivity contribution in [1.29, 1.82) is 0 Å². The van der Waals surface area contributed by atoms with E-state index in [-0.39, 0.29) is 24.2 Å². The zero-order valence-corrected chi connectivity index (χ0v) is 19.1. The molecular formula is C21H27N3O5S2.